The first-order chi connectivity index (χ1) is 15.8. The maximum atomic E-state index is 9.66. The molecule has 1 aromatic heterocycles. The molecule has 1 atom stereocenters. The molecule has 1 aliphatic carbocycles. The number of benzene rings is 1. The number of aromatic nitrogens is 1. The molecule has 2 aromatic rings. The summed E-state index contributed by atoms with van der Waals surface area (Å²) >= 11 is 0. The van der Waals surface area contributed by atoms with Crippen LogP contribution in [0.5, 0.6) is 0 Å². The van der Waals surface area contributed by atoms with E-state index in [0.29, 0.717) is 24.0 Å². The molecular weight excluding hydrogens is 400 g/mol. The Balaban J connectivity index is 1.42. The van der Waals surface area contributed by atoms with Crippen molar-refractivity contribution in [2.45, 2.75) is 63.8 Å². The van der Waals surface area contributed by atoms with Gasteiger partial charge in [0.1, 0.15) is 6.07 Å². The number of nitriles is 1. The zero-order valence-electron chi connectivity index (χ0n) is 19.3. The highest BCUT2D eigenvalue weighted by Gasteiger charge is 2.28. The number of oxazole rings is 1. The summed E-state index contributed by atoms with van der Waals surface area (Å²) in [5.41, 5.74) is 1.63. The summed E-state index contributed by atoms with van der Waals surface area (Å²) in [4.78, 5) is 7.02. The summed E-state index contributed by atoms with van der Waals surface area (Å²) < 4.78 is 11.7. The van der Waals surface area contributed by atoms with Crippen LogP contribution in [0.4, 0.5) is 5.88 Å². The average Bonchev–Trinajstić information content (AvgIpc) is 3.28. The molecule has 1 aliphatic heterocycles. The molecule has 1 saturated heterocycles. The second-order valence-corrected chi connectivity index (χ2v) is 9.16. The number of unbranched alkanes of at least 4 members (excludes halogenated alkanes) is 1. The van der Waals surface area contributed by atoms with Crippen LogP contribution in [0.1, 0.15) is 81.0 Å². The normalized spacial score (nSPS) is 22.9. The smallest absolute Gasteiger partial charge is 0.232 e. The first-order valence-corrected chi connectivity index (χ1v) is 12.3. The van der Waals surface area contributed by atoms with Crippen molar-refractivity contribution in [3.63, 3.8) is 0 Å². The van der Waals surface area contributed by atoms with E-state index in [2.05, 4.69) is 52.5 Å². The summed E-state index contributed by atoms with van der Waals surface area (Å²) in [5.74, 6) is 2.43. The second kappa shape index (κ2) is 11.5. The van der Waals surface area contributed by atoms with Gasteiger partial charge < -0.3 is 14.5 Å². The van der Waals surface area contributed by atoms with Gasteiger partial charge in [-0.1, -0.05) is 56.5 Å². The lowest BCUT2D eigenvalue weighted by molar-refractivity contribution is 0.0186. The fraction of sp³-hybridized carbons (Fsp3) is 0.615. The summed E-state index contributed by atoms with van der Waals surface area (Å²) in [7, 11) is 0. The van der Waals surface area contributed by atoms with Crippen LogP contribution in [-0.2, 0) is 4.74 Å². The molecule has 6 heteroatoms. The third-order valence-electron chi connectivity index (χ3n) is 7.04. The molecule has 1 saturated carbocycles. The molecule has 32 heavy (non-hydrogen) atoms. The quantitative estimate of drug-likeness (QED) is 0.560. The van der Waals surface area contributed by atoms with E-state index < -0.39 is 0 Å². The van der Waals surface area contributed by atoms with Crippen LogP contribution in [0.2, 0.25) is 0 Å². The van der Waals surface area contributed by atoms with Crippen LogP contribution >= 0.6 is 0 Å². The van der Waals surface area contributed by atoms with E-state index in [-0.39, 0.29) is 6.04 Å². The van der Waals surface area contributed by atoms with E-state index in [0.717, 1.165) is 51.0 Å². The van der Waals surface area contributed by atoms with E-state index in [4.69, 9.17) is 9.15 Å². The zero-order chi connectivity index (χ0) is 22.2. The van der Waals surface area contributed by atoms with Crippen LogP contribution < -0.4 is 5.32 Å². The van der Waals surface area contributed by atoms with E-state index in [9.17, 15) is 5.26 Å². The fourth-order valence-corrected chi connectivity index (χ4v) is 5.11. The minimum absolute atomic E-state index is 0.189. The molecule has 172 valence electrons. The summed E-state index contributed by atoms with van der Waals surface area (Å²) in [5, 5.41) is 13.1. The third-order valence-corrected chi connectivity index (χ3v) is 7.04. The SMILES string of the molecule is CCCCC1CCC(c2nc(C#N)c(NC[C@H](c3ccccc3)N3CCOCC3)o2)CC1. The molecule has 0 spiro atoms. The molecule has 4 rings (SSSR count). The van der Waals surface area contributed by atoms with Crippen molar-refractivity contribution >= 4 is 5.88 Å². The summed E-state index contributed by atoms with van der Waals surface area (Å²) in [6.07, 6.45) is 8.64. The highest BCUT2D eigenvalue weighted by molar-refractivity contribution is 5.46. The molecule has 1 aromatic carbocycles. The predicted octanol–water partition coefficient (Wildman–Crippen LogP) is 5.50. The molecule has 1 N–H and O–H groups in total. The Labute approximate surface area is 192 Å². The van der Waals surface area contributed by atoms with Gasteiger partial charge in [0.15, 0.2) is 0 Å². The monoisotopic (exact) mass is 436 g/mol. The Morgan fingerprint density at radius 3 is 2.59 bits per heavy atom. The number of hydrogen-bond acceptors (Lipinski definition) is 6. The van der Waals surface area contributed by atoms with E-state index >= 15 is 0 Å². The highest BCUT2D eigenvalue weighted by atomic mass is 16.5. The van der Waals surface area contributed by atoms with Crippen LogP contribution in [0.3, 0.4) is 0 Å². The van der Waals surface area contributed by atoms with Crippen molar-refractivity contribution in [2.75, 3.05) is 38.2 Å². The van der Waals surface area contributed by atoms with Gasteiger partial charge in [0.05, 0.1) is 19.3 Å². The molecule has 2 heterocycles. The van der Waals surface area contributed by atoms with Gasteiger partial charge in [0.2, 0.25) is 17.5 Å². The third kappa shape index (κ3) is 5.70. The molecule has 0 bridgehead atoms. The van der Waals surface area contributed by atoms with Crippen molar-refractivity contribution in [2.24, 2.45) is 5.92 Å². The standard InChI is InChI=1S/C26H36N4O2/c1-2-3-7-20-10-12-22(13-11-20)25-29-23(18-27)26(32-25)28-19-24(21-8-5-4-6-9-21)30-14-16-31-17-15-30/h4-6,8-9,20,22,24,28H,2-3,7,10-17,19H2,1H3/t20?,22?,24-/m1/s1. The van der Waals surface area contributed by atoms with E-state index in [1.54, 1.807) is 0 Å². The van der Waals surface area contributed by atoms with Gasteiger partial charge in [0, 0.05) is 25.6 Å². The van der Waals surface area contributed by atoms with Gasteiger partial charge in [-0.15, -0.1) is 0 Å². The summed E-state index contributed by atoms with van der Waals surface area (Å²) in [6, 6.07) is 12.9. The Bertz CT molecular complexity index is 862. The Morgan fingerprint density at radius 2 is 1.91 bits per heavy atom. The molecule has 2 aliphatic rings. The largest absolute Gasteiger partial charge is 0.424 e. The predicted molar refractivity (Wildman–Crippen MR) is 126 cm³/mol. The molecule has 0 radical (unpaired) electrons. The van der Waals surface area contributed by atoms with Crippen molar-refractivity contribution in [1.29, 1.82) is 5.26 Å². The molecule has 6 nitrogen and oxygen atoms in total. The number of hydrogen-bond donors (Lipinski definition) is 1. The van der Waals surface area contributed by atoms with Gasteiger partial charge in [-0.05, 0) is 37.2 Å². The Hall–Kier alpha value is -2.36. The summed E-state index contributed by atoms with van der Waals surface area (Å²) in [6.45, 7) is 6.22. The van der Waals surface area contributed by atoms with E-state index in [1.165, 1.54) is 37.7 Å². The number of ether oxygens (including phenoxy) is 1. The van der Waals surface area contributed by atoms with Crippen molar-refractivity contribution in [3.05, 3.63) is 47.5 Å². The number of nitrogens with one attached hydrogen (secondary N) is 1. The minimum atomic E-state index is 0.189. The van der Waals surface area contributed by atoms with Crippen molar-refractivity contribution < 1.29 is 9.15 Å². The lowest BCUT2D eigenvalue weighted by Crippen LogP contribution is -2.41. The Kier molecular flexibility index (Phi) is 8.19. The molecular formula is C26H36N4O2. The van der Waals surface area contributed by atoms with Crippen molar-refractivity contribution in [1.82, 2.24) is 9.88 Å². The maximum Gasteiger partial charge on any atom is 0.232 e. The zero-order valence-corrected chi connectivity index (χ0v) is 19.3. The molecule has 0 unspecified atom stereocenters. The van der Waals surface area contributed by atoms with Crippen LogP contribution in [0, 0.1) is 17.2 Å². The number of nitrogens with zero attached hydrogens (tertiary/aromatic N) is 3. The number of morpholine rings is 1. The van der Waals surface area contributed by atoms with Crippen LogP contribution in [-0.4, -0.2) is 42.7 Å². The van der Waals surface area contributed by atoms with Gasteiger partial charge in [-0.2, -0.15) is 5.26 Å². The Morgan fingerprint density at radius 1 is 1.16 bits per heavy atom. The van der Waals surface area contributed by atoms with Gasteiger partial charge in [-0.25, -0.2) is 4.98 Å². The molecule has 0 amide bonds. The average molecular weight is 437 g/mol. The molecule has 2 fully saturated rings. The second-order valence-electron chi connectivity index (χ2n) is 9.16. The maximum absolute atomic E-state index is 9.66. The highest BCUT2D eigenvalue weighted by Crippen LogP contribution is 2.38. The van der Waals surface area contributed by atoms with Gasteiger partial charge in [0.25, 0.3) is 0 Å². The topological polar surface area (TPSA) is 74.3 Å². The number of rotatable bonds is 9. The first-order valence-electron chi connectivity index (χ1n) is 12.3. The minimum Gasteiger partial charge on any atom is -0.424 e. The van der Waals surface area contributed by atoms with Gasteiger partial charge >= 0.3 is 0 Å². The van der Waals surface area contributed by atoms with E-state index in [1.807, 2.05) is 6.07 Å². The van der Waals surface area contributed by atoms with Gasteiger partial charge in [-0.3, -0.25) is 4.90 Å². The lowest BCUT2D eigenvalue weighted by Gasteiger charge is -2.34. The fourth-order valence-electron chi connectivity index (χ4n) is 5.11. The number of anilines is 1. The van der Waals surface area contributed by atoms with Crippen LogP contribution in [0.15, 0.2) is 34.7 Å². The van der Waals surface area contributed by atoms with Crippen LogP contribution in [0.25, 0.3) is 0 Å². The van der Waals surface area contributed by atoms with Crippen molar-refractivity contribution in [3.8, 4) is 6.07 Å². The first kappa shape index (κ1) is 22.8. The lowest BCUT2D eigenvalue weighted by atomic mass is 9.80.